The number of aromatic nitrogens is 5. The smallest absolute Gasteiger partial charge is 0.287 e. The summed E-state index contributed by atoms with van der Waals surface area (Å²) in [5.74, 6) is 1.51. The van der Waals surface area contributed by atoms with Crippen LogP contribution in [0.15, 0.2) is 33.9 Å². The Hall–Kier alpha value is -2.54. The van der Waals surface area contributed by atoms with Gasteiger partial charge in [0.15, 0.2) is 31.2 Å². The number of nitrogens with zero attached hydrogens (tertiary/aromatic N) is 4. The second kappa shape index (κ2) is 8.29. The summed E-state index contributed by atoms with van der Waals surface area (Å²) in [7, 11) is 2.97. The van der Waals surface area contributed by atoms with Gasteiger partial charge in [-0.25, -0.2) is 9.38 Å². The Morgan fingerprint density at radius 1 is 1.29 bits per heavy atom. The van der Waals surface area contributed by atoms with Crippen molar-refractivity contribution in [1.29, 1.82) is 0 Å². The maximum Gasteiger partial charge on any atom is 0.287 e. The quantitative estimate of drug-likeness (QED) is 0.288. The molecule has 34 heavy (non-hydrogen) atoms. The lowest BCUT2D eigenvalue weighted by atomic mass is 10.1. The highest BCUT2D eigenvalue weighted by Crippen LogP contribution is 2.41. The molecule has 4 aromatic rings. The molecule has 2 fully saturated rings. The van der Waals surface area contributed by atoms with Gasteiger partial charge in [-0.3, -0.25) is 9.36 Å². The third-order valence-corrected chi connectivity index (χ3v) is 7.17. The molecule has 0 spiro atoms. The van der Waals surface area contributed by atoms with E-state index in [4.69, 9.17) is 23.3 Å². The molecule has 0 saturated carbocycles. The Labute approximate surface area is 201 Å². The average molecular weight is 552 g/mol. The van der Waals surface area contributed by atoms with Crippen molar-refractivity contribution in [3.05, 3.63) is 39.5 Å². The van der Waals surface area contributed by atoms with E-state index in [1.54, 1.807) is 37.1 Å². The first-order chi connectivity index (χ1) is 16.5. The van der Waals surface area contributed by atoms with Crippen LogP contribution in [0.1, 0.15) is 6.23 Å². The Morgan fingerprint density at radius 2 is 2.15 bits per heavy atom. The van der Waals surface area contributed by atoms with E-state index in [9.17, 15) is 9.90 Å². The predicted octanol–water partition coefficient (Wildman–Crippen LogP) is 2.00. The van der Waals surface area contributed by atoms with Crippen LogP contribution in [0.25, 0.3) is 28.2 Å². The topological polar surface area (TPSA) is 134 Å². The van der Waals surface area contributed by atoms with Crippen LogP contribution in [0.5, 0.6) is 11.5 Å². The third kappa shape index (κ3) is 3.27. The summed E-state index contributed by atoms with van der Waals surface area (Å²) in [5.41, 5.74) is 1.36. The number of rotatable bonds is 4. The minimum absolute atomic E-state index is 0.126. The molecule has 3 aromatic heterocycles. The van der Waals surface area contributed by atoms with Crippen LogP contribution in [-0.4, -0.2) is 68.2 Å². The van der Waals surface area contributed by atoms with E-state index in [2.05, 4.69) is 30.9 Å². The van der Waals surface area contributed by atoms with E-state index in [0.717, 1.165) is 5.56 Å². The first-order valence-electron chi connectivity index (χ1n) is 10.3. The molecule has 3 unspecified atom stereocenters. The van der Waals surface area contributed by atoms with E-state index < -0.39 is 24.5 Å². The molecular weight excluding hydrogens is 533 g/mol. The maximum atomic E-state index is 13.3. The number of fused-ring (bicyclic) bond motifs is 3. The normalized spacial score (nSPS) is 25.3. The monoisotopic (exact) mass is 551 g/mol. The van der Waals surface area contributed by atoms with Gasteiger partial charge in [-0.1, -0.05) is 0 Å². The zero-order valence-corrected chi connectivity index (χ0v) is 20.5. The van der Waals surface area contributed by atoms with Crippen molar-refractivity contribution >= 4 is 41.9 Å². The number of benzene rings is 1. The number of nitrogens with one attached hydrogen (secondary N) is 1. The standard InChI is InChI=1S/C20H19BrN5O7P/c1-29-8-3-4-9(11(5-8)30-2)10-6-25-17(28)13-16(24-20(25)22-10)26(19(21)23-13)18-14(27)15-12(32-18)7-31-34-33-15/h3-6,12,14-15,18,27,34H,7H2,1-2H3,(H,22,24)/t12?,14?,15-,18-/m1/s1. The summed E-state index contributed by atoms with van der Waals surface area (Å²) in [6, 6.07) is 5.38. The second-order valence-corrected chi connectivity index (χ2v) is 9.20. The summed E-state index contributed by atoms with van der Waals surface area (Å²) in [4.78, 5) is 25.5. The molecule has 178 valence electrons. The molecule has 2 N–H and O–H groups in total. The van der Waals surface area contributed by atoms with Crippen LogP contribution in [0.3, 0.4) is 0 Å². The van der Waals surface area contributed by atoms with Crippen LogP contribution >= 0.6 is 25.0 Å². The number of aromatic amines is 1. The fraction of sp³-hybridized carbons (Fsp3) is 0.350. The molecule has 6 rings (SSSR count). The van der Waals surface area contributed by atoms with Gasteiger partial charge in [0.05, 0.1) is 26.5 Å². The predicted molar refractivity (Wildman–Crippen MR) is 124 cm³/mol. The number of ether oxygens (including phenoxy) is 3. The van der Waals surface area contributed by atoms with Crippen molar-refractivity contribution in [3.8, 4) is 22.8 Å². The second-order valence-electron chi connectivity index (χ2n) is 7.80. The van der Waals surface area contributed by atoms with Gasteiger partial charge in [0.1, 0.15) is 29.8 Å². The highest BCUT2D eigenvalue weighted by molar-refractivity contribution is 9.10. The Kier molecular flexibility index (Phi) is 5.36. The van der Waals surface area contributed by atoms with Crippen LogP contribution in [0, 0.1) is 0 Å². The van der Waals surface area contributed by atoms with Crippen LogP contribution in [0.4, 0.5) is 0 Å². The lowest BCUT2D eigenvalue weighted by molar-refractivity contribution is -0.0529. The molecule has 5 atom stereocenters. The van der Waals surface area contributed by atoms with Crippen molar-refractivity contribution in [3.63, 3.8) is 0 Å². The molecule has 0 aliphatic carbocycles. The molecule has 2 aliphatic heterocycles. The SMILES string of the molecule is COc1ccc(-c2cn3c(=O)c4nc(Br)n([C@@H]5OC6COPO[C@H]6C5O)c4nc3[nH]2)c(OC)c1. The molecule has 0 bridgehead atoms. The van der Waals surface area contributed by atoms with Gasteiger partial charge in [-0.2, -0.15) is 4.98 Å². The molecular formula is C20H19BrN5O7P. The van der Waals surface area contributed by atoms with Gasteiger partial charge < -0.3 is 33.3 Å². The molecule has 0 radical (unpaired) electrons. The van der Waals surface area contributed by atoms with Gasteiger partial charge >= 0.3 is 0 Å². The van der Waals surface area contributed by atoms with Gasteiger partial charge in [-0.15, -0.1) is 0 Å². The zero-order chi connectivity index (χ0) is 23.6. The summed E-state index contributed by atoms with van der Waals surface area (Å²) < 4.78 is 30.9. The number of aliphatic hydroxyl groups is 1. The molecule has 0 amide bonds. The molecule has 5 heterocycles. The molecule has 14 heteroatoms. The fourth-order valence-electron chi connectivity index (χ4n) is 4.30. The number of halogens is 1. The lowest BCUT2D eigenvalue weighted by Crippen LogP contribution is -2.36. The minimum Gasteiger partial charge on any atom is -0.497 e. The van der Waals surface area contributed by atoms with E-state index in [-0.39, 0.29) is 25.8 Å². The number of hydrogen-bond donors (Lipinski definition) is 2. The minimum atomic E-state index is -0.988. The van der Waals surface area contributed by atoms with Crippen LogP contribution in [-0.2, 0) is 13.8 Å². The molecule has 2 saturated heterocycles. The van der Waals surface area contributed by atoms with Crippen LogP contribution in [0.2, 0.25) is 0 Å². The first-order valence-corrected chi connectivity index (χ1v) is 11.9. The Morgan fingerprint density at radius 3 is 2.91 bits per heavy atom. The van der Waals surface area contributed by atoms with Gasteiger partial charge in [0, 0.05) is 17.8 Å². The third-order valence-electron chi connectivity index (χ3n) is 5.96. The first kappa shape index (κ1) is 22.0. The summed E-state index contributed by atoms with van der Waals surface area (Å²) >= 11 is 3.39. The Bertz CT molecular complexity index is 1470. The maximum absolute atomic E-state index is 13.3. The van der Waals surface area contributed by atoms with Crippen molar-refractivity contribution in [2.45, 2.75) is 24.5 Å². The number of H-pyrrole nitrogens is 1. The number of imidazole rings is 2. The highest BCUT2D eigenvalue weighted by atomic mass is 79.9. The summed E-state index contributed by atoms with van der Waals surface area (Å²) in [5, 5.41) is 10.9. The number of aliphatic hydroxyl groups excluding tert-OH is 1. The van der Waals surface area contributed by atoms with Crippen LogP contribution < -0.4 is 15.0 Å². The number of methoxy groups -OCH3 is 2. The average Bonchev–Trinajstić information content (AvgIpc) is 3.52. The van der Waals surface area contributed by atoms with Crippen molar-refractivity contribution in [2.24, 2.45) is 0 Å². The lowest BCUT2D eigenvalue weighted by Gasteiger charge is -2.24. The van der Waals surface area contributed by atoms with Gasteiger partial charge in [0.25, 0.3) is 5.56 Å². The van der Waals surface area contributed by atoms with Crippen molar-refractivity contribution < 1.29 is 28.4 Å². The fourth-order valence-corrected chi connectivity index (χ4v) is 5.55. The van der Waals surface area contributed by atoms with E-state index >= 15 is 0 Å². The molecule has 2 aliphatic rings. The highest BCUT2D eigenvalue weighted by Gasteiger charge is 2.48. The van der Waals surface area contributed by atoms with Crippen molar-refractivity contribution in [2.75, 3.05) is 20.8 Å². The largest absolute Gasteiger partial charge is 0.497 e. The van der Waals surface area contributed by atoms with Gasteiger partial charge in [0.2, 0.25) is 5.78 Å². The number of hydrogen-bond acceptors (Lipinski definition) is 9. The van der Waals surface area contributed by atoms with Crippen molar-refractivity contribution in [1.82, 2.24) is 23.9 Å². The molecule has 1 aromatic carbocycles. The van der Waals surface area contributed by atoms with E-state index in [1.165, 1.54) is 4.40 Å². The molecule has 12 nitrogen and oxygen atoms in total. The summed E-state index contributed by atoms with van der Waals surface area (Å²) in [6.45, 7) is 0.310. The Balaban J connectivity index is 1.48. The zero-order valence-electron chi connectivity index (χ0n) is 17.9. The van der Waals surface area contributed by atoms with Gasteiger partial charge in [-0.05, 0) is 28.1 Å². The van der Waals surface area contributed by atoms with E-state index in [0.29, 0.717) is 34.3 Å². The van der Waals surface area contributed by atoms with E-state index in [1.807, 2.05) is 6.07 Å². The summed E-state index contributed by atoms with van der Waals surface area (Å²) in [6.07, 6.45) is -1.17.